The monoisotopic (exact) mass is 277 g/mol. The summed E-state index contributed by atoms with van der Waals surface area (Å²) in [4.78, 5) is 0. The molecule has 0 saturated carbocycles. The van der Waals surface area contributed by atoms with E-state index in [1.165, 1.54) is 16.7 Å². The second-order valence-corrected chi connectivity index (χ2v) is 5.26. The second-order valence-electron chi connectivity index (χ2n) is 4.89. The van der Waals surface area contributed by atoms with Gasteiger partial charge in [-0.1, -0.05) is 30.7 Å². The highest BCUT2D eigenvalue weighted by Crippen LogP contribution is 2.28. The van der Waals surface area contributed by atoms with Crippen LogP contribution in [0, 0.1) is 13.8 Å². The number of hydrogen-bond donors (Lipinski definition) is 1. The maximum atomic E-state index is 5.90. The third kappa shape index (κ3) is 3.40. The maximum absolute atomic E-state index is 5.90. The largest absolute Gasteiger partial charge is 0.448 e. The van der Waals surface area contributed by atoms with Crippen LogP contribution in [0.1, 0.15) is 41.8 Å². The molecular weight excluding hydrogens is 258 g/mol. The summed E-state index contributed by atoms with van der Waals surface area (Å²) in [6.07, 6.45) is 1.08. The molecule has 1 heterocycles. The van der Waals surface area contributed by atoms with Crippen molar-refractivity contribution in [2.75, 3.05) is 6.54 Å². The minimum Gasteiger partial charge on any atom is -0.448 e. The molecule has 0 aliphatic rings. The van der Waals surface area contributed by atoms with Gasteiger partial charge in [0.15, 0.2) is 5.22 Å². The van der Waals surface area contributed by atoms with E-state index in [4.69, 9.17) is 16.0 Å². The van der Waals surface area contributed by atoms with E-state index in [-0.39, 0.29) is 6.04 Å². The Bertz CT molecular complexity index is 547. The third-order valence-electron chi connectivity index (χ3n) is 3.21. The van der Waals surface area contributed by atoms with Crippen LogP contribution in [0.15, 0.2) is 34.7 Å². The summed E-state index contributed by atoms with van der Waals surface area (Å²) in [5, 5.41) is 3.96. The molecule has 0 spiro atoms. The average molecular weight is 278 g/mol. The zero-order valence-electron chi connectivity index (χ0n) is 11.7. The number of rotatable bonds is 5. The molecule has 1 unspecified atom stereocenters. The minimum atomic E-state index is 0.0630. The molecular formula is C16H20ClNO. The Morgan fingerprint density at radius 1 is 1.21 bits per heavy atom. The first-order chi connectivity index (χ1) is 9.11. The van der Waals surface area contributed by atoms with Gasteiger partial charge in [0.2, 0.25) is 0 Å². The smallest absolute Gasteiger partial charge is 0.193 e. The molecule has 1 atom stereocenters. The van der Waals surface area contributed by atoms with Crippen molar-refractivity contribution in [2.24, 2.45) is 0 Å². The van der Waals surface area contributed by atoms with Crippen molar-refractivity contribution in [3.05, 3.63) is 58.0 Å². The molecule has 0 fully saturated rings. The summed E-state index contributed by atoms with van der Waals surface area (Å²) in [6.45, 7) is 7.33. The highest BCUT2D eigenvalue weighted by atomic mass is 35.5. The van der Waals surface area contributed by atoms with E-state index < -0.39 is 0 Å². The summed E-state index contributed by atoms with van der Waals surface area (Å²) in [5.74, 6) is 0.866. The van der Waals surface area contributed by atoms with Crippen LogP contribution in [-0.2, 0) is 0 Å². The molecule has 102 valence electrons. The Kier molecular flexibility index (Phi) is 4.67. The molecule has 0 aliphatic carbocycles. The van der Waals surface area contributed by atoms with Gasteiger partial charge in [-0.2, -0.15) is 0 Å². The number of benzene rings is 1. The fraction of sp³-hybridized carbons (Fsp3) is 0.375. The zero-order valence-corrected chi connectivity index (χ0v) is 12.4. The normalized spacial score (nSPS) is 12.6. The van der Waals surface area contributed by atoms with Crippen LogP contribution in [0.2, 0.25) is 5.22 Å². The van der Waals surface area contributed by atoms with Crippen LogP contribution in [0.3, 0.4) is 0 Å². The van der Waals surface area contributed by atoms with Crippen LogP contribution in [0.25, 0.3) is 0 Å². The lowest BCUT2D eigenvalue weighted by molar-refractivity contribution is 0.447. The van der Waals surface area contributed by atoms with E-state index in [9.17, 15) is 0 Å². The van der Waals surface area contributed by atoms with Gasteiger partial charge in [-0.05, 0) is 61.7 Å². The van der Waals surface area contributed by atoms with Crippen molar-refractivity contribution in [1.29, 1.82) is 0 Å². The summed E-state index contributed by atoms with van der Waals surface area (Å²) >= 11 is 5.90. The molecule has 3 heteroatoms. The van der Waals surface area contributed by atoms with E-state index >= 15 is 0 Å². The number of nitrogens with one attached hydrogen (secondary N) is 1. The topological polar surface area (TPSA) is 25.2 Å². The van der Waals surface area contributed by atoms with Crippen LogP contribution in [0.4, 0.5) is 0 Å². The molecule has 0 bridgehead atoms. The SMILES string of the molecule is CCCNC(c1ccc(Cl)o1)c1ccc(C)cc1C. The highest BCUT2D eigenvalue weighted by molar-refractivity contribution is 6.28. The molecule has 19 heavy (non-hydrogen) atoms. The second kappa shape index (κ2) is 6.27. The van der Waals surface area contributed by atoms with Crippen molar-refractivity contribution in [2.45, 2.75) is 33.2 Å². The van der Waals surface area contributed by atoms with E-state index in [0.29, 0.717) is 5.22 Å². The lowest BCUT2D eigenvalue weighted by atomic mass is 9.97. The van der Waals surface area contributed by atoms with Crippen LogP contribution >= 0.6 is 11.6 Å². The standard InChI is InChI=1S/C16H20ClNO/c1-4-9-18-16(14-7-8-15(17)19-14)13-6-5-11(2)10-12(13)3/h5-8,10,16,18H,4,9H2,1-3H3. The lowest BCUT2D eigenvalue weighted by Gasteiger charge is -2.19. The van der Waals surface area contributed by atoms with Gasteiger partial charge in [-0.15, -0.1) is 0 Å². The Morgan fingerprint density at radius 3 is 2.58 bits per heavy atom. The van der Waals surface area contributed by atoms with Gasteiger partial charge in [0.05, 0.1) is 6.04 Å². The first kappa shape index (κ1) is 14.2. The number of halogens is 1. The molecule has 1 N–H and O–H groups in total. The molecule has 1 aromatic heterocycles. The van der Waals surface area contributed by atoms with Crippen LogP contribution in [0.5, 0.6) is 0 Å². The summed E-state index contributed by atoms with van der Waals surface area (Å²) < 4.78 is 5.59. The van der Waals surface area contributed by atoms with Crippen LogP contribution < -0.4 is 5.32 Å². The molecule has 0 aliphatic heterocycles. The molecule has 1 aromatic carbocycles. The quantitative estimate of drug-likeness (QED) is 0.861. The van der Waals surface area contributed by atoms with E-state index in [0.717, 1.165) is 18.7 Å². The third-order valence-corrected chi connectivity index (χ3v) is 3.42. The van der Waals surface area contributed by atoms with Crippen molar-refractivity contribution in [3.63, 3.8) is 0 Å². The van der Waals surface area contributed by atoms with Gasteiger partial charge in [0, 0.05) is 0 Å². The maximum Gasteiger partial charge on any atom is 0.193 e. The van der Waals surface area contributed by atoms with Gasteiger partial charge in [0.25, 0.3) is 0 Å². The van der Waals surface area contributed by atoms with Crippen molar-refractivity contribution < 1.29 is 4.42 Å². The Morgan fingerprint density at radius 2 is 2.00 bits per heavy atom. The Balaban J connectivity index is 2.36. The minimum absolute atomic E-state index is 0.0630. The van der Waals surface area contributed by atoms with Gasteiger partial charge < -0.3 is 9.73 Å². The lowest BCUT2D eigenvalue weighted by Crippen LogP contribution is -2.23. The first-order valence-corrected chi connectivity index (χ1v) is 7.05. The van der Waals surface area contributed by atoms with Gasteiger partial charge in [0.1, 0.15) is 5.76 Å². The molecule has 0 amide bonds. The fourth-order valence-electron chi connectivity index (χ4n) is 2.29. The summed E-state index contributed by atoms with van der Waals surface area (Å²) in [5.41, 5.74) is 3.78. The average Bonchev–Trinajstić information content (AvgIpc) is 2.78. The van der Waals surface area contributed by atoms with Crippen LogP contribution in [-0.4, -0.2) is 6.54 Å². The molecule has 2 nitrogen and oxygen atoms in total. The van der Waals surface area contributed by atoms with Gasteiger partial charge in [-0.25, -0.2) is 0 Å². The molecule has 0 saturated heterocycles. The van der Waals surface area contributed by atoms with Crippen molar-refractivity contribution in [3.8, 4) is 0 Å². The predicted octanol–water partition coefficient (Wildman–Crippen LogP) is 4.64. The zero-order chi connectivity index (χ0) is 13.8. The number of hydrogen-bond acceptors (Lipinski definition) is 2. The Hall–Kier alpha value is -1.25. The van der Waals surface area contributed by atoms with Gasteiger partial charge in [-0.3, -0.25) is 0 Å². The summed E-state index contributed by atoms with van der Waals surface area (Å²) in [7, 11) is 0. The van der Waals surface area contributed by atoms with Crippen molar-refractivity contribution in [1.82, 2.24) is 5.32 Å². The van der Waals surface area contributed by atoms with Gasteiger partial charge >= 0.3 is 0 Å². The van der Waals surface area contributed by atoms with E-state index in [1.54, 1.807) is 6.07 Å². The van der Waals surface area contributed by atoms with Crippen molar-refractivity contribution >= 4 is 11.6 Å². The van der Waals surface area contributed by atoms with E-state index in [1.807, 2.05) is 6.07 Å². The summed E-state index contributed by atoms with van der Waals surface area (Å²) in [6, 6.07) is 10.3. The number of aryl methyl sites for hydroxylation is 2. The molecule has 2 aromatic rings. The highest BCUT2D eigenvalue weighted by Gasteiger charge is 2.18. The first-order valence-electron chi connectivity index (χ1n) is 6.67. The Labute approximate surface area is 119 Å². The fourth-order valence-corrected chi connectivity index (χ4v) is 2.44. The van der Waals surface area contributed by atoms with E-state index in [2.05, 4.69) is 44.3 Å². The molecule has 2 rings (SSSR count). The number of furan rings is 1. The predicted molar refractivity (Wildman–Crippen MR) is 79.8 cm³/mol. The molecule has 0 radical (unpaired) electrons.